The minimum absolute atomic E-state index is 0.279. The van der Waals surface area contributed by atoms with E-state index in [0.29, 0.717) is 5.02 Å². The Bertz CT molecular complexity index is 682. The lowest BCUT2D eigenvalue weighted by atomic mass is 9.80. The Labute approximate surface area is 128 Å². The molecule has 1 aliphatic heterocycles. The number of halogens is 1. The van der Waals surface area contributed by atoms with Crippen LogP contribution in [0.4, 0.5) is 0 Å². The van der Waals surface area contributed by atoms with Gasteiger partial charge >= 0.3 is 0 Å². The van der Waals surface area contributed by atoms with Gasteiger partial charge in [-0.15, -0.1) is 0 Å². The predicted molar refractivity (Wildman–Crippen MR) is 84.8 cm³/mol. The van der Waals surface area contributed by atoms with Crippen molar-refractivity contribution < 1.29 is 0 Å². The van der Waals surface area contributed by atoms with E-state index in [0.717, 1.165) is 35.6 Å². The molecule has 20 heavy (non-hydrogen) atoms. The lowest BCUT2D eigenvalue weighted by molar-refractivity contribution is 0.121. The summed E-state index contributed by atoms with van der Waals surface area (Å²) in [6, 6.07) is 1.88. The minimum Gasteiger partial charge on any atom is -0.329 e. The van der Waals surface area contributed by atoms with E-state index in [2.05, 4.69) is 33.4 Å². The zero-order chi connectivity index (χ0) is 14.3. The Balaban J connectivity index is 1.95. The molecule has 0 bridgehead atoms. The molecule has 0 unspecified atom stereocenters. The lowest BCUT2D eigenvalue weighted by Crippen LogP contribution is -2.38. The second-order valence-corrected chi connectivity index (χ2v) is 6.98. The van der Waals surface area contributed by atoms with E-state index in [1.54, 1.807) is 6.20 Å². The number of nitrogens with zero attached hydrogens (tertiary/aromatic N) is 3. The standard InChI is InChI=1S/C14H19ClN4S/c1-14(3-5-18(2)6-4-14)9-19-12-11(17-13(19)20)7-10(15)8-16-12/h7-8H,3-6,9H2,1-2H3,(H,17,20). The number of fused-ring (bicyclic) bond motifs is 1. The van der Waals surface area contributed by atoms with Gasteiger partial charge in [0, 0.05) is 12.7 Å². The number of hydrogen-bond acceptors (Lipinski definition) is 3. The van der Waals surface area contributed by atoms with Crippen molar-refractivity contribution in [1.82, 2.24) is 19.4 Å². The highest BCUT2D eigenvalue weighted by molar-refractivity contribution is 7.71. The SMILES string of the molecule is CN1CCC(C)(Cn2c(=S)[nH]c3cc(Cl)cnc32)CC1. The van der Waals surface area contributed by atoms with Gasteiger partial charge in [0.25, 0.3) is 0 Å². The normalized spacial score (nSPS) is 19.6. The fraction of sp³-hybridized carbons (Fsp3) is 0.571. The van der Waals surface area contributed by atoms with E-state index < -0.39 is 0 Å². The van der Waals surface area contributed by atoms with E-state index >= 15 is 0 Å². The zero-order valence-corrected chi connectivity index (χ0v) is 13.4. The van der Waals surface area contributed by atoms with Crippen LogP contribution < -0.4 is 0 Å². The van der Waals surface area contributed by atoms with Crippen LogP contribution in [0.2, 0.25) is 5.02 Å². The first kappa shape index (κ1) is 14.0. The minimum atomic E-state index is 0.279. The predicted octanol–water partition coefficient (Wildman–Crippen LogP) is 3.48. The van der Waals surface area contributed by atoms with Crippen molar-refractivity contribution >= 4 is 35.0 Å². The van der Waals surface area contributed by atoms with Crippen LogP contribution in [0.3, 0.4) is 0 Å². The maximum Gasteiger partial charge on any atom is 0.179 e. The van der Waals surface area contributed by atoms with Crippen LogP contribution in [0.25, 0.3) is 11.2 Å². The number of pyridine rings is 1. The molecule has 0 saturated carbocycles. The monoisotopic (exact) mass is 310 g/mol. The molecule has 6 heteroatoms. The van der Waals surface area contributed by atoms with E-state index in [4.69, 9.17) is 23.8 Å². The molecule has 0 aromatic carbocycles. The van der Waals surface area contributed by atoms with Crippen LogP contribution in [0.1, 0.15) is 19.8 Å². The smallest absolute Gasteiger partial charge is 0.179 e. The van der Waals surface area contributed by atoms with Crippen LogP contribution in [-0.4, -0.2) is 39.6 Å². The highest BCUT2D eigenvalue weighted by atomic mass is 35.5. The van der Waals surface area contributed by atoms with Crippen molar-refractivity contribution in [2.45, 2.75) is 26.3 Å². The van der Waals surface area contributed by atoms with E-state index in [1.807, 2.05) is 6.07 Å². The fourth-order valence-corrected chi connectivity index (χ4v) is 3.28. The van der Waals surface area contributed by atoms with E-state index in [-0.39, 0.29) is 5.41 Å². The molecule has 1 N–H and O–H groups in total. The molecule has 1 aliphatic rings. The summed E-state index contributed by atoms with van der Waals surface area (Å²) in [6.07, 6.45) is 4.05. The van der Waals surface area contributed by atoms with Crippen LogP contribution >= 0.6 is 23.8 Å². The third-order valence-electron chi connectivity index (χ3n) is 4.31. The maximum atomic E-state index is 5.98. The molecule has 0 radical (unpaired) electrons. The summed E-state index contributed by atoms with van der Waals surface area (Å²) in [4.78, 5) is 10.0. The Morgan fingerprint density at radius 2 is 2.15 bits per heavy atom. The first-order valence-corrected chi connectivity index (χ1v) is 7.68. The zero-order valence-electron chi connectivity index (χ0n) is 11.8. The molecule has 2 aromatic heterocycles. The number of rotatable bonds is 2. The molecule has 108 valence electrons. The third kappa shape index (κ3) is 2.62. The number of likely N-dealkylation sites (tertiary alicyclic amines) is 1. The number of H-pyrrole nitrogens is 1. The van der Waals surface area contributed by atoms with E-state index in [9.17, 15) is 0 Å². The van der Waals surface area contributed by atoms with Crippen molar-refractivity contribution in [3.63, 3.8) is 0 Å². The van der Waals surface area contributed by atoms with Crippen LogP contribution in [0.5, 0.6) is 0 Å². The molecule has 0 atom stereocenters. The highest BCUT2D eigenvalue weighted by Gasteiger charge is 2.30. The van der Waals surface area contributed by atoms with Gasteiger partial charge in [0.1, 0.15) is 0 Å². The van der Waals surface area contributed by atoms with Crippen LogP contribution in [-0.2, 0) is 6.54 Å². The van der Waals surface area contributed by atoms with E-state index in [1.165, 1.54) is 12.8 Å². The molecule has 4 nitrogen and oxygen atoms in total. The first-order valence-electron chi connectivity index (χ1n) is 6.89. The largest absolute Gasteiger partial charge is 0.329 e. The second kappa shape index (κ2) is 5.13. The quantitative estimate of drug-likeness (QED) is 0.863. The summed E-state index contributed by atoms with van der Waals surface area (Å²) < 4.78 is 2.85. The molecule has 1 fully saturated rings. The van der Waals surface area contributed by atoms with Gasteiger partial charge in [-0.1, -0.05) is 18.5 Å². The maximum absolute atomic E-state index is 5.98. The summed E-state index contributed by atoms with van der Waals surface area (Å²) in [7, 11) is 2.18. The fourth-order valence-electron chi connectivity index (χ4n) is 2.86. The van der Waals surface area contributed by atoms with Gasteiger partial charge in [-0.05, 0) is 56.7 Å². The molecular weight excluding hydrogens is 292 g/mol. The van der Waals surface area contributed by atoms with Gasteiger partial charge in [-0.25, -0.2) is 4.98 Å². The van der Waals surface area contributed by atoms with Crippen molar-refractivity contribution in [2.75, 3.05) is 20.1 Å². The molecular formula is C14H19ClN4S. The van der Waals surface area contributed by atoms with Crippen molar-refractivity contribution in [2.24, 2.45) is 5.41 Å². The van der Waals surface area contributed by atoms with Crippen molar-refractivity contribution in [1.29, 1.82) is 0 Å². The summed E-state index contributed by atoms with van der Waals surface area (Å²) >= 11 is 11.4. The number of aromatic amines is 1. The van der Waals surface area contributed by atoms with Crippen LogP contribution in [0.15, 0.2) is 12.3 Å². The number of imidazole rings is 1. The average Bonchev–Trinajstić information content (AvgIpc) is 2.69. The van der Waals surface area contributed by atoms with Gasteiger partial charge in [-0.2, -0.15) is 0 Å². The molecule has 0 spiro atoms. The Morgan fingerprint density at radius 3 is 2.85 bits per heavy atom. The number of piperidine rings is 1. The Hall–Kier alpha value is -0.910. The Morgan fingerprint density at radius 1 is 1.45 bits per heavy atom. The van der Waals surface area contributed by atoms with Crippen molar-refractivity contribution in [3.05, 3.63) is 22.1 Å². The van der Waals surface area contributed by atoms with Crippen LogP contribution in [0, 0.1) is 10.2 Å². The highest BCUT2D eigenvalue weighted by Crippen LogP contribution is 2.33. The summed E-state index contributed by atoms with van der Waals surface area (Å²) in [5, 5.41) is 0.631. The number of aromatic nitrogens is 3. The summed E-state index contributed by atoms with van der Waals surface area (Å²) in [5.41, 5.74) is 2.10. The third-order valence-corrected chi connectivity index (χ3v) is 4.84. The second-order valence-electron chi connectivity index (χ2n) is 6.15. The topological polar surface area (TPSA) is 36.9 Å². The molecule has 1 saturated heterocycles. The Kier molecular flexibility index (Phi) is 3.60. The average molecular weight is 311 g/mol. The summed E-state index contributed by atoms with van der Waals surface area (Å²) in [5.74, 6) is 0. The summed E-state index contributed by atoms with van der Waals surface area (Å²) in [6.45, 7) is 5.54. The molecule has 0 aliphatic carbocycles. The van der Waals surface area contributed by atoms with Gasteiger partial charge in [0.15, 0.2) is 10.4 Å². The molecule has 3 heterocycles. The van der Waals surface area contributed by atoms with Gasteiger partial charge < -0.3 is 14.5 Å². The number of nitrogens with one attached hydrogen (secondary N) is 1. The lowest BCUT2D eigenvalue weighted by Gasteiger charge is -2.38. The van der Waals surface area contributed by atoms with Gasteiger partial charge in [0.2, 0.25) is 0 Å². The molecule has 0 amide bonds. The van der Waals surface area contributed by atoms with Crippen molar-refractivity contribution in [3.8, 4) is 0 Å². The van der Waals surface area contributed by atoms with Gasteiger partial charge in [-0.3, -0.25) is 0 Å². The molecule has 3 rings (SSSR count). The van der Waals surface area contributed by atoms with Gasteiger partial charge in [0.05, 0.1) is 10.5 Å². The first-order chi connectivity index (χ1) is 9.47. The number of hydrogen-bond donors (Lipinski definition) is 1. The molecule has 2 aromatic rings.